The van der Waals surface area contributed by atoms with Crippen LogP contribution >= 0.6 is 23.4 Å². The molecule has 0 aliphatic carbocycles. The van der Waals surface area contributed by atoms with Gasteiger partial charge in [0.05, 0.1) is 17.3 Å². The number of anilines is 1. The molecule has 7 nitrogen and oxygen atoms in total. The van der Waals surface area contributed by atoms with E-state index in [0.717, 1.165) is 6.42 Å². The van der Waals surface area contributed by atoms with E-state index in [4.69, 9.17) is 11.6 Å². The lowest BCUT2D eigenvalue weighted by molar-refractivity contribution is -0.132. The van der Waals surface area contributed by atoms with E-state index in [1.165, 1.54) is 36.0 Å². The first-order valence-corrected chi connectivity index (χ1v) is 12.6. The van der Waals surface area contributed by atoms with Gasteiger partial charge in [-0.3, -0.25) is 19.3 Å². The molecule has 0 aromatic heterocycles. The van der Waals surface area contributed by atoms with Crippen LogP contribution in [0.25, 0.3) is 0 Å². The number of halogens is 2. The van der Waals surface area contributed by atoms with Gasteiger partial charge in [-0.15, -0.1) is 11.8 Å². The molecule has 0 spiro atoms. The van der Waals surface area contributed by atoms with Gasteiger partial charge in [-0.25, -0.2) is 4.39 Å². The van der Waals surface area contributed by atoms with Crippen molar-refractivity contribution in [2.75, 3.05) is 50.3 Å². The average molecular weight is 505 g/mol. The maximum atomic E-state index is 13.3. The lowest BCUT2D eigenvalue weighted by Gasteiger charge is -2.29. The smallest absolute Gasteiger partial charge is 0.255 e. The number of nitrogens with zero attached hydrogens (tertiary/aromatic N) is 3. The topological polar surface area (TPSA) is 73.0 Å². The van der Waals surface area contributed by atoms with E-state index in [1.54, 1.807) is 28.0 Å². The Morgan fingerprint density at radius 3 is 2.53 bits per heavy atom. The molecule has 0 radical (unpaired) electrons. The summed E-state index contributed by atoms with van der Waals surface area (Å²) in [5.41, 5.74) is 0.943. The SMILES string of the molecule is O=C(CN1CCCN(C(=O)C2SCCN2C(=O)c2ccc(F)cc2)CC1)Nc1ccccc1Cl. The Bertz CT molecular complexity index is 1050. The number of hydrogen-bond donors (Lipinski definition) is 1. The van der Waals surface area contributed by atoms with Crippen molar-refractivity contribution in [3.05, 3.63) is 64.9 Å². The number of nitrogens with one attached hydrogen (secondary N) is 1. The van der Waals surface area contributed by atoms with Crippen molar-refractivity contribution in [1.29, 1.82) is 0 Å². The van der Waals surface area contributed by atoms with Gasteiger partial charge in [0, 0.05) is 44.0 Å². The van der Waals surface area contributed by atoms with Crippen LogP contribution in [0.2, 0.25) is 5.02 Å². The number of amides is 3. The third-order valence-electron chi connectivity index (χ3n) is 5.87. The fourth-order valence-corrected chi connectivity index (χ4v) is 5.48. The molecule has 2 aromatic rings. The van der Waals surface area contributed by atoms with Crippen molar-refractivity contribution in [1.82, 2.24) is 14.7 Å². The quantitative estimate of drug-likeness (QED) is 0.677. The summed E-state index contributed by atoms with van der Waals surface area (Å²) < 4.78 is 13.2. The fourth-order valence-electron chi connectivity index (χ4n) is 4.10. The zero-order valence-corrected chi connectivity index (χ0v) is 20.2. The van der Waals surface area contributed by atoms with Crippen molar-refractivity contribution in [3.63, 3.8) is 0 Å². The Balaban J connectivity index is 1.33. The number of thioether (sulfide) groups is 1. The Labute approximate surface area is 207 Å². The predicted octanol–water partition coefficient (Wildman–Crippen LogP) is 3.17. The summed E-state index contributed by atoms with van der Waals surface area (Å²) in [5.74, 6) is -0.257. The molecule has 4 rings (SSSR count). The highest BCUT2D eigenvalue weighted by Crippen LogP contribution is 2.28. The van der Waals surface area contributed by atoms with E-state index in [0.29, 0.717) is 54.8 Å². The largest absolute Gasteiger partial charge is 0.339 e. The molecule has 180 valence electrons. The molecule has 1 N–H and O–H groups in total. The first-order chi connectivity index (χ1) is 16.4. The van der Waals surface area contributed by atoms with E-state index in [1.807, 2.05) is 11.0 Å². The minimum atomic E-state index is -0.590. The van der Waals surface area contributed by atoms with Gasteiger partial charge < -0.3 is 15.1 Å². The maximum Gasteiger partial charge on any atom is 0.255 e. The summed E-state index contributed by atoms with van der Waals surface area (Å²) in [6.07, 6.45) is 0.731. The van der Waals surface area contributed by atoms with Crippen LogP contribution in [0.3, 0.4) is 0 Å². The molecule has 2 aliphatic rings. The second kappa shape index (κ2) is 11.2. The van der Waals surface area contributed by atoms with Gasteiger partial charge in [0.1, 0.15) is 5.82 Å². The summed E-state index contributed by atoms with van der Waals surface area (Å²) in [7, 11) is 0. The van der Waals surface area contributed by atoms with Crippen molar-refractivity contribution >= 4 is 46.8 Å². The zero-order chi connectivity index (χ0) is 24.1. The molecule has 1 unspecified atom stereocenters. The standard InChI is InChI=1S/C24H26ClFN4O3S/c25-19-4-1-2-5-20(19)27-21(31)16-28-10-3-11-29(13-12-28)23(33)24-30(14-15-34-24)22(32)17-6-8-18(26)9-7-17/h1-2,4-9,24H,3,10-16H2,(H,27,31). The van der Waals surface area contributed by atoms with Crippen LogP contribution < -0.4 is 5.32 Å². The second-order valence-electron chi connectivity index (χ2n) is 8.21. The molecule has 2 heterocycles. The monoisotopic (exact) mass is 504 g/mol. The number of benzene rings is 2. The highest BCUT2D eigenvalue weighted by atomic mass is 35.5. The van der Waals surface area contributed by atoms with Crippen molar-refractivity contribution in [3.8, 4) is 0 Å². The van der Waals surface area contributed by atoms with Crippen molar-refractivity contribution < 1.29 is 18.8 Å². The van der Waals surface area contributed by atoms with Crippen LogP contribution in [0.15, 0.2) is 48.5 Å². The number of carbonyl (C=O) groups is 3. The normalized spacial score (nSPS) is 19.1. The number of rotatable bonds is 5. The van der Waals surface area contributed by atoms with Gasteiger partial charge in [-0.1, -0.05) is 23.7 Å². The Hall–Kier alpha value is -2.62. The van der Waals surface area contributed by atoms with Gasteiger partial charge in [-0.2, -0.15) is 0 Å². The van der Waals surface area contributed by atoms with Gasteiger partial charge in [-0.05, 0) is 42.8 Å². The van der Waals surface area contributed by atoms with Crippen LogP contribution in [0.4, 0.5) is 10.1 Å². The van der Waals surface area contributed by atoms with E-state index >= 15 is 0 Å². The first kappa shape index (κ1) is 24.5. The first-order valence-electron chi connectivity index (χ1n) is 11.2. The summed E-state index contributed by atoms with van der Waals surface area (Å²) in [5, 5.41) is 2.72. The van der Waals surface area contributed by atoms with E-state index < -0.39 is 11.2 Å². The molecular formula is C24H26ClFN4O3S. The van der Waals surface area contributed by atoms with E-state index in [9.17, 15) is 18.8 Å². The minimum absolute atomic E-state index is 0.0969. The molecule has 0 bridgehead atoms. The molecule has 34 heavy (non-hydrogen) atoms. The lowest BCUT2D eigenvalue weighted by Crippen LogP contribution is -2.48. The molecule has 2 aliphatic heterocycles. The van der Waals surface area contributed by atoms with E-state index in [2.05, 4.69) is 5.32 Å². The maximum absolute atomic E-state index is 13.3. The molecule has 0 saturated carbocycles. The van der Waals surface area contributed by atoms with E-state index in [-0.39, 0.29) is 24.3 Å². The molecular weight excluding hydrogens is 479 g/mol. The molecule has 2 aromatic carbocycles. The third kappa shape index (κ3) is 5.89. The highest BCUT2D eigenvalue weighted by Gasteiger charge is 2.38. The van der Waals surface area contributed by atoms with Crippen molar-refractivity contribution in [2.24, 2.45) is 0 Å². The highest BCUT2D eigenvalue weighted by molar-refractivity contribution is 8.00. The number of para-hydroxylation sites is 1. The molecule has 2 fully saturated rings. The van der Waals surface area contributed by atoms with Gasteiger partial charge >= 0.3 is 0 Å². The Morgan fingerprint density at radius 2 is 1.76 bits per heavy atom. The molecule has 10 heteroatoms. The Morgan fingerprint density at radius 1 is 1.00 bits per heavy atom. The van der Waals surface area contributed by atoms with Crippen LogP contribution in [0, 0.1) is 5.82 Å². The summed E-state index contributed by atoms with van der Waals surface area (Å²) in [6.45, 7) is 2.98. The van der Waals surface area contributed by atoms with Crippen LogP contribution in [-0.2, 0) is 9.59 Å². The molecule has 3 amide bonds. The second-order valence-corrected chi connectivity index (χ2v) is 9.81. The summed E-state index contributed by atoms with van der Waals surface area (Å²) >= 11 is 7.56. The Kier molecular flexibility index (Phi) is 8.07. The van der Waals surface area contributed by atoms with Crippen molar-refractivity contribution in [2.45, 2.75) is 11.8 Å². The summed E-state index contributed by atoms with van der Waals surface area (Å²) in [6, 6.07) is 12.5. The minimum Gasteiger partial charge on any atom is -0.339 e. The predicted molar refractivity (Wildman–Crippen MR) is 131 cm³/mol. The number of hydrogen-bond acceptors (Lipinski definition) is 5. The van der Waals surface area contributed by atoms with Gasteiger partial charge in [0.25, 0.3) is 11.8 Å². The number of carbonyl (C=O) groups excluding carboxylic acids is 3. The van der Waals surface area contributed by atoms with Crippen LogP contribution in [0.5, 0.6) is 0 Å². The fraction of sp³-hybridized carbons (Fsp3) is 0.375. The third-order valence-corrected chi connectivity index (χ3v) is 7.39. The molecule has 1 atom stereocenters. The zero-order valence-electron chi connectivity index (χ0n) is 18.6. The van der Waals surface area contributed by atoms with Crippen LogP contribution in [0.1, 0.15) is 16.8 Å². The average Bonchev–Trinajstić information content (AvgIpc) is 3.20. The van der Waals surface area contributed by atoms with Gasteiger partial charge in [0.15, 0.2) is 5.37 Å². The molecule has 2 saturated heterocycles. The van der Waals surface area contributed by atoms with Crippen LogP contribution in [-0.4, -0.2) is 82.8 Å². The lowest BCUT2D eigenvalue weighted by atomic mass is 10.2. The van der Waals surface area contributed by atoms with Gasteiger partial charge in [0.2, 0.25) is 5.91 Å². The summed E-state index contributed by atoms with van der Waals surface area (Å²) in [4.78, 5) is 44.1.